The standard InChI is InChI=1S/C19H21Cl2N3OS/c1-12(22)26-9-8-19(2,23)14-4-3-5-15(11-14)24-18(25)13-6-7-16(20)17(21)10-13/h3-7,10-11H,1,8-9,22-23H2,2H3,(H,24,25). The average Bonchev–Trinajstić information content (AvgIpc) is 2.57. The summed E-state index contributed by atoms with van der Waals surface area (Å²) in [5.41, 5.74) is 13.5. The predicted octanol–water partition coefficient (Wildman–Crippen LogP) is 4.97. The lowest BCUT2D eigenvalue weighted by Crippen LogP contribution is -2.33. The second-order valence-corrected chi connectivity index (χ2v) is 8.18. The third kappa shape index (κ3) is 5.68. The number of hydrogen-bond acceptors (Lipinski definition) is 4. The van der Waals surface area contributed by atoms with E-state index in [2.05, 4.69) is 11.9 Å². The highest BCUT2D eigenvalue weighted by molar-refractivity contribution is 8.02. The number of rotatable bonds is 7. The zero-order valence-corrected chi connectivity index (χ0v) is 16.7. The fraction of sp³-hybridized carbons (Fsp3) is 0.211. The molecule has 138 valence electrons. The summed E-state index contributed by atoms with van der Waals surface area (Å²) in [6.45, 7) is 5.62. The summed E-state index contributed by atoms with van der Waals surface area (Å²) in [6, 6.07) is 12.2. The molecule has 0 aliphatic carbocycles. The van der Waals surface area contributed by atoms with Crippen LogP contribution in [0.4, 0.5) is 5.69 Å². The van der Waals surface area contributed by atoms with E-state index in [0.717, 1.165) is 17.7 Å². The molecule has 1 unspecified atom stereocenters. The molecule has 7 heteroatoms. The second-order valence-electron chi connectivity index (χ2n) is 6.15. The van der Waals surface area contributed by atoms with Crippen LogP contribution in [0.2, 0.25) is 10.0 Å². The Morgan fingerprint density at radius 1 is 1.23 bits per heavy atom. The minimum absolute atomic E-state index is 0.269. The molecule has 1 atom stereocenters. The summed E-state index contributed by atoms with van der Waals surface area (Å²) in [5, 5.41) is 4.17. The molecule has 5 N–H and O–H groups in total. The van der Waals surface area contributed by atoms with Gasteiger partial charge in [0.2, 0.25) is 0 Å². The zero-order chi connectivity index (χ0) is 19.3. The van der Waals surface area contributed by atoms with Crippen LogP contribution in [0.5, 0.6) is 0 Å². The Morgan fingerprint density at radius 2 is 1.96 bits per heavy atom. The highest BCUT2D eigenvalue weighted by Gasteiger charge is 2.21. The maximum absolute atomic E-state index is 12.4. The molecule has 2 aromatic rings. The Labute approximate surface area is 167 Å². The maximum Gasteiger partial charge on any atom is 0.255 e. The molecule has 0 aliphatic rings. The smallest absolute Gasteiger partial charge is 0.255 e. The highest BCUT2D eigenvalue weighted by atomic mass is 35.5. The monoisotopic (exact) mass is 409 g/mol. The molecule has 1 amide bonds. The lowest BCUT2D eigenvalue weighted by Gasteiger charge is -2.25. The first-order valence-corrected chi connectivity index (χ1v) is 9.66. The van der Waals surface area contributed by atoms with Crippen molar-refractivity contribution < 1.29 is 4.79 Å². The lowest BCUT2D eigenvalue weighted by molar-refractivity contribution is 0.102. The van der Waals surface area contributed by atoms with E-state index in [-0.39, 0.29) is 5.91 Å². The summed E-state index contributed by atoms with van der Waals surface area (Å²) < 4.78 is 0. The van der Waals surface area contributed by atoms with Crippen LogP contribution in [0, 0.1) is 0 Å². The van der Waals surface area contributed by atoms with E-state index in [9.17, 15) is 4.79 Å². The van der Waals surface area contributed by atoms with Crippen molar-refractivity contribution in [3.8, 4) is 0 Å². The van der Waals surface area contributed by atoms with E-state index in [1.54, 1.807) is 12.1 Å². The SMILES string of the molecule is C=C(N)SCCC(C)(N)c1cccc(NC(=O)c2ccc(Cl)c(Cl)c2)c1. The largest absolute Gasteiger partial charge is 0.394 e. The highest BCUT2D eigenvalue weighted by Crippen LogP contribution is 2.27. The van der Waals surface area contributed by atoms with Crippen LogP contribution in [0.3, 0.4) is 0 Å². The van der Waals surface area contributed by atoms with Crippen molar-refractivity contribution in [1.29, 1.82) is 0 Å². The van der Waals surface area contributed by atoms with Crippen LogP contribution in [0.25, 0.3) is 0 Å². The molecule has 26 heavy (non-hydrogen) atoms. The minimum Gasteiger partial charge on any atom is -0.394 e. The second kappa shape index (κ2) is 8.82. The summed E-state index contributed by atoms with van der Waals surface area (Å²) >= 11 is 13.3. The van der Waals surface area contributed by atoms with E-state index >= 15 is 0 Å². The van der Waals surface area contributed by atoms with Crippen molar-refractivity contribution >= 4 is 46.6 Å². The molecular weight excluding hydrogens is 389 g/mol. The van der Waals surface area contributed by atoms with Crippen LogP contribution in [0.1, 0.15) is 29.3 Å². The van der Waals surface area contributed by atoms with Crippen molar-refractivity contribution in [3.63, 3.8) is 0 Å². The van der Waals surface area contributed by atoms with Crippen molar-refractivity contribution in [2.45, 2.75) is 18.9 Å². The van der Waals surface area contributed by atoms with Crippen LogP contribution in [-0.2, 0) is 5.54 Å². The first kappa shape index (κ1) is 20.6. The molecule has 0 saturated carbocycles. The molecule has 4 nitrogen and oxygen atoms in total. The minimum atomic E-state index is -0.549. The molecule has 0 heterocycles. The number of thioether (sulfide) groups is 1. The first-order valence-electron chi connectivity index (χ1n) is 7.92. The molecule has 2 aromatic carbocycles. The van der Waals surface area contributed by atoms with E-state index in [0.29, 0.717) is 26.3 Å². The van der Waals surface area contributed by atoms with E-state index < -0.39 is 5.54 Å². The lowest BCUT2D eigenvalue weighted by atomic mass is 9.90. The number of amides is 1. The van der Waals surface area contributed by atoms with Gasteiger partial charge < -0.3 is 16.8 Å². The number of halogens is 2. The van der Waals surface area contributed by atoms with Gasteiger partial charge in [-0.1, -0.05) is 41.9 Å². The van der Waals surface area contributed by atoms with Gasteiger partial charge in [-0.15, -0.1) is 11.8 Å². The van der Waals surface area contributed by atoms with Gasteiger partial charge in [-0.25, -0.2) is 0 Å². The zero-order valence-electron chi connectivity index (χ0n) is 14.4. The topological polar surface area (TPSA) is 81.1 Å². The van der Waals surface area contributed by atoms with E-state index in [1.165, 1.54) is 17.8 Å². The molecule has 0 aromatic heterocycles. The first-order chi connectivity index (χ1) is 12.2. The summed E-state index contributed by atoms with van der Waals surface area (Å²) in [4.78, 5) is 12.4. The molecule has 0 spiro atoms. The summed E-state index contributed by atoms with van der Waals surface area (Å²) in [7, 11) is 0. The van der Waals surface area contributed by atoms with Crippen molar-refractivity contribution in [2.24, 2.45) is 11.5 Å². The van der Waals surface area contributed by atoms with Crippen molar-refractivity contribution in [2.75, 3.05) is 11.1 Å². The van der Waals surface area contributed by atoms with Gasteiger partial charge in [-0.3, -0.25) is 4.79 Å². The van der Waals surface area contributed by atoms with Gasteiger partial charge in [0.05, 0.1) is 15.1 Å². The number of carbonyl (C=O) groups excluding carboxylic acids is 1. The predicted molar refractivity (Wildman–Crippen MR) is 113 cm³/mol. The summed E-state index contributed by atoms with van der Waals surface area (Å²) in [5.74, 6) is 0.497. The molecule has 0 fully saturated rings. The number of hydrogen-bond donors (Lipinski definition) is 3. The molecule has 0 aliphatic heterocycles. The van der Waals surface area contributed by atoms with Crippen molar-refractivity contribution in [3.05, 3.63) is 75.2 Å². The van der Waals surface area contributed by atoms with Crippen LogP contribution >= 0.6 is 35.0 Å². The Hall–Kier alpha value is -1.66. The van der Waals surface area contributed by atoms with E-state index in [1.807, 2.05) is 31.2 Å². The molecular formula is C19H21Cl2N3OS. The fourth-order valence-corrected chi connectivity index (χ4v) is 3.42. The Bertz CT molecular complexity index is 824. The number of anilines is 1. The van der Waals surface area contributed by atoms with Gasteiger partial charge in [-0.2, -0.15) is 0 Å². The normalized spacial score (nSPS) is 13.1. The third-order valence-electron chi connectivity index (χ3n) is 3.87. The third-order valence-corrected chi connectivity index (χ3v) is 5.39. The Morgan fingerprint density at radius 3 is 2.62 bits per heavy atom. The van der Waals surface area contributed by atoms with Crippen molar-refractivity contribution in [1.82, 2.24) is 0 Å². The van der Waals surface area contributed by atoms with Gasteiger partial charge in [-0.05, 0) is 49.2 Å². The fourth-order valence-electron chi connectivity index (χ4n) is 2.33. The Kier molecular flexibility index (Phi) is 7.01. The molecule has 0 saturated heterocycles. The number of nitrogens with two attached hydrogens (primary N) is 2. The number of carbonyl (C=O) groups is 1. The Balaban J connectivity index is 2.11. The number of benzene rings is 2. The maximum atomic E-state index is 12.4. The molecule has 0 bridgehead atoms. The molecule has 2 rings (SSSR count). The van der Waals surface area contributed by atoms with E-state index in [4.69, 9.17) is 34.7 Å². The van der Waals surface area contributed by atoms with Gasteiger partial charge in [0.25, 0.3) is 5.91 Å². The van der Waals surface area contributed by atoms with Crippen LogP contribution < -0.4 is 16.8 Å². The molecule has 0 radical (unpaired) electrons. The van der Waals surface area contributed by atoms with Crippen LogP contribution in [-0.4, -0.2) is 11.7 Å². The van der Waals surface area contributed by atoms with Gasteiger partial charge in [0.1, 0.15) is 0 Å². The van der Waals surface area contributed by atoms with Gasteiger partial charge >= 0.3 is 0 Å². The van der Waals surface area contributed by atoms with Gasteiger partial charge in [0, 0.05) is 22.5 Å². The number of nitrogens with one attached hydrogen (secondary N) is 1. The summed E-state index contributed by atoms with van der Waals surface area (Å²) in [6.07, 6.45) is 0.720. The average molecular weight is 410 g/mol. The van der Waals surface area contributed by atoms with Crippen LogP contribution in [0.15, 0.2) is 54.1 Å². The van der Waals surface area contributed by atoms with Gasteiger partial charge in [0.15, 0.2) is 0 Å². The quantitative estimate of drug-likeness (QED) is 0.602.